The predicted molar refractivity (Wildman–Crippen MR) is 81.7 cm³/mol. The standard InChI is InChI=1S/C17H21FN2O3/c1-16(2,3)23-15(22)20-6-4-17(5-7-20)9-13-12(14(17)21)8-11(18)10-19-13/h8,10H,4-7,9H2,1-3H3. The predicted octanol–water partition coefficient (Wildman–Crippen LogP) is 2.98. The molecule has 1 saturated heterocycles. The van der Waals surface area contributed by atoms with Gasteiger partial charge in [0.05, 0.1) is 11.9 Å². The summed E-state index contributed by atoms with van der Waals surface area (Å²) in [6, 6.07) is 1.28. The van der Waals surface area contributed by atoms with E-state index in [0.717, 1.165) is 6.20 Å². The Morgan fingerprint density at radius 1 is 1.35 bits per heavy atom. The van der Waals surface area contributed by atoms with Crippen LogP contribution in [0.25, 0.3) is 0 Å². The topological polar surface area (TPSA) is 59.5 Å². The molecule has 1 fully saturated rings. The van der Waals surface area contributed by atoms with Crippen LogP contribution in [0, 0.1) is 11.2 Å². The minimum absolute atomic E-state index is 0.0386. The van der Waals surface area contributed by atoms with E-state index >= 15 is 0 Å². The third kappa shape index (κ3) is 2.94. The summed E-state index contributed by atoms with van der Waals surface area (Å²) in [5.41, 5.74) is -0.00724. The fourth-order valence-electron chi connectivity index (χ4n) is 3.34. The Bertz CT molecular complexity index is 658. The van der Waals surface area contributed by atoms with Crippen molar-refractivity contribution in [2.75, 3.05) is 13.1 Å². The van der Waals surface area contributed by atoms with E-state index in [2.05, 4.69) is 4.98 Å². The molecule has 1 aliphatic heterocycles. The molecule has 0 atom stereocenters. The van der Waals surface area contributed by atoms with Gasteiger partial charge in [0.15, 0.2) is 5.78 Å². The zero-order valence-electron chi connectivity index (χ0n) is 13.7. The van der Waals surface area contributed by atoms with Gasteiger partial charge in [-0.25, -0.2) is 9.18 Å². The molecule has 0 radical (unpaired) electrons. The lowest BCUT2D eigenvalue weighted by molar-refractivity contribution is 0.0113. The Morgan fingerprint density at radius 3 is 2.61 bits per heavy atom. The lowest BCUT2D eigenvalue weighted by atomic mass is 9.75. The van der Waals surface area contributed by atoms with Crippen molar-refractivity contribution in [1.82, 2.24) is 9.88 Å². The molecule has 5 nitrogen and oxygen atoms in total. The Labute approximate surface area is 134 Å². The van der Waals surface area contributed by atoms with Gasteiger partial charge < -0.3 is 9.64 Å². The maximum Gasteiger partial charge on any atom is 0.410 e. The van der Waals surface area contributed by atoms with E-state index in [9.17, 15) is 14.0 Å². The molecule has 23 heavy (non-hydrogen) atoms. The van der Waals surface area contributed by atoms with Crippen molar-refractivity contribution in [1.29, 1.82) is 0 Å². The molecule has 1 spiro atoms. The van der Waals surface area contributed by atoms with Crippen molar-refractivity contribution in [3.8, 4) is 0 Å². The van der Waals surface area contributed by atoms with Crippen molar-refractivity contribution < 1.29 is 18.7 Å². The fraction of sp³-hybridized carbons (Fsp3) is 0.588. The molecule has 124 valence electrons. The summed E-state index contributed by atoms with van der Waals surface area (Å²) >= 11 is 0. The maximum absolute atomic E-state index is 13.3. The molecule has 1 aliphatic carbocycles. The normalized spacial score (nSPS) is 19.8. The number of Topliss-reactive ketones (excluding diaryl/α,β-unsaturated/α-hetero) is 1. The average Bonchev–Trinajstić information content (AvgIpc) is 2.71. The van der Waals surface area contributed by atoms with Gasteiger partial charge in [0.1, 0.15) is 11.4 Å². The third-order valence-electron chi connectivity index (χ3n) is 4.54. The fourth-order valence-corrected chi connectivity index (χ4v) is 3.34. The smallest absolute Gasteiger partial charge is 0.410 e. The van der Waals surface area contributed by atoms with Crippen LogP contribution in [-0.4, -0.2) is 40.5 Å². The first-order valence-electron chi connectivity index (χ1n) is 7.87. The minimum atomic E-state index is -0.540. The number of nitrogens with zero attached hydrogens (tertiary/aromatic N) is 2. The van der Waals surface area contributed by atoms with E-state index in [-0.39, 0.29) is 11.9 Å². The third-order valence-corrected chi connectivity index (χ3v) is 4.54. The molecule has 0 bridgehead atoms. The molecule has 0 unspecified atom stereocenters. The summed E-state index contributed by atoms with van der Waals surface area (Å²) in [6.45, 7) is 6.42. The number of hydrogen-bond acceptors (Lipinski definition) is 4. The molecule has 1 aromatic rings. The molecular weight excluding hydrogens is 299 g/mol. The second-order valence-electron chi connectivity index (χ2n) is 7.40. The Balaban J connectivity index is 1.70. The summed E-state index contributed by atoms with van der Waals surface area (Å²) in [7, 11) is 0. The number of amides is 1. The van der Waals surface area contributed by atoms with Gasteiger partial charge in [-0.1, -0.05) is 0 Å². The Hall–Kier alpha value is -1.98. The number of rotatable bonds is 0. The minimum Gasteiger partial charge on any atom is -0.444 e. The van der Waals surface area contributed by atoms with Crippen LogP contribution in [0.4, 0.5) is 9.18 Å². The molecule has 0 aromatic carbocycles. The highest BCUT2D eigenvalue weighted by Gasteiger charge is 2.48. The lowest BCUT2D eigenvalue weighted by Gasteiger charge is -2.38. The highest BCUT2D eigenvalue weighted by Crippen LogP contribution is 2.44. The van der Waals surface area contributed by atoms with Crippen LogP contribution in [0.3, 0.4) is 0 Å². The first kappa shape index (κ1) is 15.9. The first-order valence-corrected chi connectivity index (χ1v) is 7.87. The van der Waals surface area contributed by atoms with Gasteiger partial charge in [0.2, 0.25) is 0 Å². The Morgan fingerprint density at radius 2 is 2.00 bits per heavy atom. The maximum atomic E-state index is 13.3. The summed E-state index contributed by atoms with van der Waals surface area (Å²) < 4.78 is 18.7. The number of ether oxygens (including phenoxy) is 1. The molecule has 1 amide bonds. The van der Waals surface area contributed by atoms with Gasteiger partial charge in [-0.3, -0.25) is 9.78 Å². The molecule has 1 aromatic heterocycles. The van der Waals surface area contributed by atoms with E-state index < -0.39 is 16.8 Å². The van der Waals surface area contributed by atoms with Gasteiger partial charge >= 0.3 is 6.09 Å². The quantitative estimate of drug-likeness (QED) is 0.737. The molecular formula is C17H21FN2O3. The number of carbonyl (C=O) groups is 2. The molecule has 6 heteroatoms. The molecule has 2 heterocycles. The number of hydrogen-bond donors (Lipinski definition) is 0. The Kier molecular flexibility index (Phi) is 3.65. The van der Waals surface area contributed by atoms with Gasteiger partial charge in [-0.05, 0) is 39.7 Å². The van der Waals surface area contributed by atoms with E-state index in [0.29, 0.717) is 43.6 Å². The number of piperidine rings is 1. The van der Waals surface area contributed by atoms with Crippen LogP contribution < -0.4 is 0 Å². The summed E-state index contributed by atoms with van der Waals surface area (Å²) in [4.78, 5) is 30.5. The van der Waals surface area contributed by atoms with Gasteiger partial charge in [0, 0.05) is 30.5 Å². The van der Waals surface area contributed by atoms with Crippen molar-refractivity contribution >= 4 is 11.9 Å². The molecule has 2 aliphatic rings. The van der Waals surface area contributed by atoms with E-state index in [1.807, 2.05) is 20.8 Å². The van der Waals surface area contributed by atoms with Crippen LogP contribution >= 0.6 is 0 Å². The number of halogens is 1. The second kappa shape index (κ2) is 5.28. The van der Waals surface area contributed by atoms with Crippen molar-refractivity contribution in [3.05, 3.63) is 29.3 Å². The number of carbonyl (C=O) groups excluding carboxylic acids is 2. The molecule has 0 N–H and O–H groups in total. The number of fused-ring (bicyclic) bond motifs is 1. The largest absolute Gasteiger partial charge is 0.444 e. The molecule has 0 saturated carbocycles. The number of likely N-dealkylation sites (tertiary alicyclic amines) is 1. The summed E-state index contributed by atoms with van der Waals surface area (Å²) in [5.74, 6) is -0.524. The molecule has 3 rings (SSSR count). The number of pyridine rings is 1. The first-order chi connectivity index (χ1) is 10.7. The van der Waals surface area contributed by atoms with Crippen LogP contribution in [-0.2, 0) is 11.2 Å². The monoisotopic (exact) mass is 320 g/mol. The van der Waals surface area contributed by atoms with E-state index in [1.165, 1.54) is 6.07 Å². The summed E-state index contributed by atoms with van der Waals surface area (Å²) in [5, 5.41) is 0. The number of aromatic nitrogens is 1. The van der Waals surface area contributed by atoms with Crippen molar-refractivity contribution in [3.63, 3.8) is 0 Å². The average molecular weight is 320 g/mol. The lowest BCUT2D eigenvalue weighted by Crippen LogP contribution is -2.47. The van der Waals surface area contributed by atoms with E-state index in [4.69, 9.17) is 4.74 Å². The van der Waals surface area contributed by atoms with Crippen LogP contribution in [0.1, 0.15) is 49.7 Å². The SMILES string of the molecule is CC(C)(C)OC(=O)N1CCC2(CC1)Cc1ncc(F)cc1C2=O. The van der Waals surface area contributed by atoms with Crippen LogP contribution in [0.15, 0.2) is 12.3 Å². The van der Waals surface area contributed by atoms with Gasteiger partial charge in [-0.15, -0.1) is 0 Å². The highest BCUT2D eigenvalue weighted by atomic mass is 19.1. The van der Waals surface area contributed by atoms with Crippen molar-refractivity contribution in [2.45, 2.75) is 45.6 Å². The van der Waals surface area contributed by atoms with E-state index in [1.54, 1.807) is 4.90 Å². The second-order valence-corrected chi connectivity index (χ2v) is 7.40. The van der Waals surface area contributed by atoms with Gasteiger partial charge in [0.25, 0.3) is 0 Å². The zero-order chi connectivity index (χ0) is 16.8. The van der Waals surface area contributed by atoms with Crippen LogP contribution in [0.2, 0.25) is 0 Å². The number of ketones is 1. The van der Waals surface area contributed by atoms with Crippen LogP contribution in [0.5, 0.6) is 0 Å². The highest BCUT2D eigenvalue weighted by molar-refractivity contribution is 6.04. The van der Waals surface area contributed by atoms with Crippen molar-refractivity contribution in [2.24, 2.45) is 5.41 Å². The zero-order valence-corrected chi connectivity index (χ0v) is 13.7. The summed E-state index contributed by atoms with van der Waals surface area (Å²) in [6.07, 6.45) is 2.45. The van der Waals surface area contributed by atoms with Gasteiger partial charge in [-0.2, -0.15) is 0 Å².